The number of thioether (sulfide) groups is 1. The van der Waals surface area contributed by atoms with Gasteiger partial charge in [0.05, 0.1) is 12.1 Å². The first-order chi connectivity index (χ1) is 9.58. The zero-order valence-corrected chi connectivity index (χ0v) is 13.0. The summed E-state index contributed by atoms with van der Waals surface area (Å²) in [4.78, 5) is 17.3. The molecule has 2 N–H and O–H groups in total. The molecule has 0 amide bonds. The quantitative estimate of drug-likeness (QED) is 0.792. The average Bonchev–Trinajstić information content (AvgIpc) is 2.76. The molecule has 106 valence electrons. The highest BCUT2D eigenvalue weighted by Crippen LogP contribution is 2.28. The number of aryl methyl sites for hydroxylation is 2. The summed E-state index contributed by atoms with van der Waals surface area (Å²) >= 11 is 3.21. The average molecular weight is 308 g/mol. The number of hydrogen-bond donors (Lipinski definition) is 2. The minimum Gasteiger partial charge on any atom is -0.481 e. The Balaban J connectivity index is 2.09. The predicted molar refractivity (Wildman–Crippen MR) is 84.3 cm³/mol. The Kier molecular flexibility index (Phi) is 5.03. The van der Waals surface area contributed by atoms with Gasteiger partial charge in [-0.05, 0) is 37.8 Å². The summed E-state index contributed by atoms with van der Waals surface area (Å²) in [5, 5.41) is 12.8. The van der Waals surface area contributed by atoms with E-state index < -0.39 is 5.97 Å². The Morgan fingerprint density at radius 2 is 2.30 bits per heavy atom. The molecule has 20 heavy (non-hydrogen) atoms. The van der Waals surface area contributed by atoms with E-state index in [-0.39, 0.29) is 6.42 Å². The first-order valence-corrected chi connectivity index (χ1v) is 8.22. The lowest BCUT2D eigenvalue weighted by atomic mass is 10.2. The van der Waals surface area contributed by atoms with Gasteiger partial charge in [0.15, 0.2) is 5.13 Å². The van der Waals surface area contributed by atoms with E-state index in [0.29, 0.717) is 6.42 Å². The second-order valence-electron chi connectivity index (χ2n) is 4.28. The Hall–Kier alpha value is -1.53. The Morgan fingerprint density at radius 1 is 1.50 bits per heavy atom. The Morgan fingerprint density at radius 3 is 3.00 bits per heavy atom. The minimum absolute atomic E-state index is 0.143. The molecule has 2 rings (SSSR count). The maximum Gasteiger partial charge on any atom is 0.303 e. The molecule has 0 bridgehead atoms. The fraction of sp³-hybridized carbons (Fsp3) is 0.286. The molecule has 0 saturated heterocycles. The fourth-order valence-electron chi connectivity index (χ4n) is 1.76. The van der Waals surface area contributed by atoms with Gasteiger partial charge in [-0.1, -0.05) is 6.07 Å². The molecule has 1 heterocycles. The van der Waals surface area contributed by atoms with E-state index in [9.17, 15) is 4.79 Å². The zero-order chi connectivity index (χ0) is 14.5. The standard InChI is InChI=1S/C14H16N2O2S2/c1-9-12(6-7-13(17)18)20-14(15-9)16-10-4-3-5-11(8-10)19-2/h3-5,8H,6-7H2,1-2H3,(H,15,16)(H,17,18). The van der Waals surface area contributed by atoms with Crippen molar-refractivity contribution in [1.82, 2.24) is 4.98 Å². The molecule has 1 aromatic carbocycles. The predicted octanol–water partition coefficient (Wildman–Crippen LogP) is 3.93. The minimum atomic E-state index is -0.778. The number of carboxylic acid groups (broad SMARTS) is 1. The second kappa shape index (κ2) is 6.76. The highest BCUT2D eigenvalue weighted by Gasteiger charge is 2.09. The third-order valence-corrected chi connectivity index (χ3v) is 4.64. The van der Waals surface area contributed by atoms with Crippen LogP contribution >= 0.6 is 23.1 Å². The van der Waals surface area contributed by atoms with Crippen molar-refractivity contribution in [3.63, 3.8) is 0 Å². The number of aromatic nitrogens is 1. The van der Waals surface area contributed by atoms with Crippen molar-refractivity contribution in [1.29, 1.82) is 0 Å². The van der Waals surface area contributed by atoms with Crippen LogP contribution in [-0.2, 0) is 11.2 Å². The second-order valence-corrected chi connectivity index (χ2v) is 6.24. The van der Waals surface area contributed by atoms with Gasteiger partial charge in [0, 0.05) is 15.5 Å². The van der Waals surface area contributed by atoms with Gasteiger partial charge in [-0.15, -0.1) is 23.1 Å². The molecular weight excluding hydrogens is 292 g/mol. The largest absolute Gasteiger partial charge is 0.481 e. The van der Waals surface area contributed by atoms with Crippen LogP contribution in [0.5, 0.6) is 0 Å². The van der Waals surface area contributed by atoms with Gasteiger partial charge in [0.2, 0.25) is 0 Å². The van der Waals surface area contributed by atoms with Crippen LogP contribution in [0, 0.1) is 6.92 Å². The molecule has 1 aromatic heterocycles. The normalized spacial score (nSPS) is 10.5. The molecule has 0 spiro atoms. The number of hydrogen-bond acceptors (Lipinski definition) is 5. The smallest absolute Gasteiger partial charge is 0.303 e. The summed E-state index contributed by atoms with van der Waals surface area (Å²) in [6.07, 6.45) is 2.71. The third-order valence-electron chi connectivity index (χ3n) is 2.78. The van der Waals surface area contributed by atoms with Crippen LogP contribution < -0.4 is 5.32 Å². The number of rotatable bonds is 6. The van der Waals surface area contributed by atoms with Gasteiger partial charge < -0.3 is 10.4 Å². The molecule has 0 aliphatic heterocycles. The van der Waals surface area contributed by atoms with Gasteiger partial charge in [0.25, 0.3) is 0 Å². The summed E-state index contributed by atoms with van der Waals surface area (Å²) in [5.74, 6) is -0.778. The third kappa shape index (κ3) is 3.98. The Bertz CT molecular complexity index is 611. The monoisotopic (exact) mass is 308 g/mol. The summed E-state index contributed by atoms with van der Waals surface area (Å²) < 4.78 is 0. The van der Waals surface area contributed by atoms with E-state index in [1.165, 1.54) is 16.2 Å². The van der Waals surface area contributed by atoms with Crippen molar-refractivity contribution in [2.24, 2.45) is 0 Å². The van der Waals surface area contributed by atoms with E-state index >= 15 is 0 Å². The van der Waals surface area contributed by atoms with E-state index in [1.54, 1.807) is 11.8 Å². The van der Waals surface area contributed by atoms with Crippen LogP contribution in [0.4, 0.5) is 10.8 Å². The van der Waals surface area contributed by atoms with Crippen LogP contribution in [0.15, 0.2) is 29.2 Å². The molecule has 2 aromatic rings. The number of nitrogens with zero attached hydrogens (tertiary/aromatic N) is 1. The molecule has 0 unspecified atom stereocenters. The first-order valence-electron chi connectivity index (χ1n) is 6.17. The van der Waals surface area contributed by atoms with E-state index in [1.807, 2.05) is 25.3 Å². The van der Waals surface area contributed by atoms with Crippen molar-refractivity contribution in [3.05, 3.63) is 34.8 Å². The maximum atomic E-state index is 10.6. The summed E-state index contributed by atoms with van der Waals surface area (Å²) in [6, 6.07) is 8.12. The molecule has 0 saturated carbocycles. The molecule has 0 fully saturated rings. The maximum absolute atomic E-state index is 10.6. The van der Waals surface area contributed by atoms with Crippen LogP contribution in [0.2, 0.25) is 0 Å². The number of nitrogens with one attached hydrogen (secondary N) is 1. The van der Waals surface area contributed by atoms with Crippen LogP contribution in [0.3, 0.4) is 0 Å². The molecule has 6 heteroatoms. The van der Waals surface area contributed by atoms with Gasteiger partial charge in [0.1, 0.15) is 0 Å². The van der Waals surface area contributed by atoms with Crippen LogP contribution in [-0.4, -0.2) is 22.3 Å². The number of carboxylic acids is 1. The zero-order valence-electron chi connectivity index (χ0n) is 11.3. The number of carbonyl (C=O) groups is 1. The van der Waals surface area contributed by atoms with Crippen molar-refractivity contribution in [2.45, 2.75) is 24.7 Å². The van der Waals surface area contributed by atoms with Crippen molar-refractivity contribution in [3.8, 4) is 0 Å². The van der Waals surface area contributed by atoms with Gasteiger partial charge in [-0.2, -0.15) is 0 Å². The van der Waals surface area contributed by atoms with E-state index in [0.717, 1.165) is 21.4 Å². The van der Waals surface area contributed by atoms with Crippen LogP contribution in [0.25, 0.3) is 0 Å². The number of anilines is 2. The molecule has 0 atom stereocenters. The molecule has 0 radical (unpaired) electrons. The lowest BCUT2D eigenvalue weighted by Crippen LogP contribution is -1.96. The highest BCUT2D eigenvalue weighted by molar-refractivity contribution is 7.98. The lowest BCUT2D eigenvalue weighted by Gasteiger charge is -2.03. The summed E-state index contributed by atoms with van der Waals surface area (Å²) in [5.41, 5.74) is 1.90. The molecule has 0 aliphatic carbocycles. The number of benzene rings is 1. The van der Waals surface area contributed by atoms with E-state index in [2.05, 4.69) is 22.4 Å². The fourth-order valence-corrected chi connectivity index (χ4v) is 3.20. The SMILES string of the molecule is CSc1cccc(Nc2nc(C)c(CCC(=O)O)s2)c1. The van der Waals surface area contributed by atoms with Crippen molar-refractivity contribution in [2.75, 3.05) is 11.6 Å². The number of thiazole rings is 1. The topological polar surface area (TPSA) is 62.2 Å². The van der Waals surface area contributed by atoms with Gasteiger partial charge in [-0.3, -0.25) is 4.79 Å². The molecule has 0 aliphatic rings. The molecular formula is C14H16N2O2S2. The Labute approximate surface area is 126 Å². The summed E-state index contributed by atoms with van der Waals surface area (Å²) in [6.45, 7) is 1.91. The summed E-state index contributed by atoms with van der Waals surface area (Å²) in [7, 11) is 0. The van der Waals surface area contributed by atoms with Gasteiger partial charge >= 0.3 is 5.97 Å². The number of aliphatic carboxylic acids is 1. The molecule has 4 nitrogen and oxygen atoms in total. The van der Waals surface area contributed by atoms with Crippen molar-refractivity contribution < 1.29 is 9.90 Å². The first kappa shape index (κ1) is 14.9. The van der Waals surface area contributed by atoms with Crippen molar-refractivity contribution >= 4 is 39.9 Å². The lowest BCUT2D eigenvalue weighted by molar-refractivity contribution is -0.136. The highest BCUT2D eigenvalue weighted by atomic mass is 32.2. The van der Waals surface area contributed by atoms with E-state index in [4.69, 9.17) is 5.11 Å². The van der Waals surface area contributed by atoms with Crippen LogP contribution in [0.1, 0.15) is 17.0 Å². The van der Waals surface area contributed by atoms with Gasteiger partial charge in [-0.25, -0.2) is 4.98 Å².